The SMILES string of the molecule is Cc1nn(C)c(OCC2CCOCC2)c1C(=N)N. The molecule has 0 amide bonds. The lowest BCUT2D eigenvalue weighted by Crippen LogP contribution is -2.23. The van der Waals surface area contributed by atoms with E-state index in [4.69, 9.17) is 20.6 Å². The van der Waals surface area contributed by atoms with Crippen LogP contribution >= 0.6 is 0 Å². The second-order valence-electron chi connectivity index (χ2n) is 4.67. The van der Waals surface area contributed by atoms with Gasteiger partial charge in [-0.2, -0.15) is 5.10 Å². The fourth-order valence-electron chi connectivity index (χ4n) is 2.22. The number of ether oxygens (including phenoxy) is 2. The molecule has 1 aliphatic rings. The van der Waals surface area contributed by atoms with Crippen LogP contribution in [0.5, 0.6) is 5.88 Å². The van der Waals surface area contributed by atoms with Gasteiger partial charge >= 0.3 is 0 Å². The molecule has 0 unspecified atom stereocenters. The van der Waals surface area contributed by atoms with Gasteiger partial charge < -0.3 is 15.2 Å². The summed E-state index contributed by atoms with van der Waals surface area (Å²) in [4.78, 5) is 0. The van der Waals surface area contributed by atoms with Gasteiger partial charge in [-0.3, -0.25) is 5.41 Å². The summed E-state index contributed by atoms with van der Waals surface area (Å²) in [5.41, 5.74) is 6.90. The molecule has 1 aromatic heterocycles. The van der Waals surface area contributed by atoms with Crippen LogP contribution in [-0.2, 0) is 11.8 Å². The summed E-state index contributed by atoms with van der Waals surface area (Å²) in [6, 6.07) is 0. The lowest BCUT2D eigenvalue weighted by molar-refractivity contribution is 0.0483. The molecular formula is C12H20N4O2. The Bertz CT molecular complexity index is 436. The summed E-state index contributed by atoms with van der Waals surface area (Å²) in [5, 5.41) is 11.8. The zero-order valence-corrected chi connectivity index (χ0v) is 10.9. The Balaban J connectivity index is 2.06. The zero-order valence-electron chi connectivity index (χ0n) is 10.9. The molecule has 1 saturated heterocycles. The molecular weight excluding hydrogens is 232 g/mol. The van der Waals surface area contributed by atoms with Gasteiger partial charge in [-0.15, -0.1) is 0 Å². The number of rotatable bonds is 4. The maximum absolute atomic E-state index is 7.58. The Hall–Kier alpha value is -1.56. The van der Waals surface area contributed by atoms with E-state index in [0.29, 0.717) is 24.0 Å². The number of aromatic nitrogens is 2. The Morgan fingerprint density at radius 1 is 1.56 bits per heavy atom. The highest BCUT2D eigenvalue weighted by Crippen LogP contribution is 2.23. The van der Waals surface area contributed by atoms with Crippen LogP contribution in [0.4, 0.5) is 0 Å². The Morgan fingerprint density at radius 2 is 2.22 bits per heavy atom. The zero-order chi connectivity index (χ0) is 13.1. The Morgan fingerprint density at radius 3 is 2.83 bits per heavy atom. The van der Waals surface area contributed by atoms with Gasteiger partial charge in [0.15, 0.2) is 0 Å². The molecule has 0 saturated carbocycles. The second kappa shape index (κ2) is 5.39. The highest BCUT2D eigenvalue weighted by Gasteiger charge is 2.20. The molecule has 1 aromatic rings. The quantitative estimate of drug-likeness (QED) is 0.613. The summed E-state index contributed by atoms with van der Waals surface area (Å²) < 4.78 is 12.8. The van der Waals surface area contributed by atoms with Gasteiger partial charge in [-0.05, 0) is 25.7 Å². The van der Waals surface area contributed by atoms with Crippen LogP contribution < -0.4 is 10.5 Å². The number of hydrogen-bond acceptors (Lipinski definition) is 4. The highest BCUT2D eigenvalue weighted by molar-refractivity contribution is 5.98. The molecule has 0 bridgehead atoms. The summed E-state index contributed by atoms with van der Waals surface area (Å²) in [5.74, 6) is 1.10. The van der Waals surface area contributed by atoms with Crippen molar-refractivity contribution < 1.29 is 9.47 Å². The number of nitrogen functional groups attached to an aromatic ring is 1. The molecule has 6 heteroatoms. The normalized spacial score (nSPS) is 16.8. The van der Waals surface area contributed by atoms with E-state index in [1.807, 2.05) is 6.92 Å². The van der Waals surface area contributed by atoms with Crippen molar-refractivity contribution in [1.29, 1.82) is 5.41 Å². The first-order valence-electron chi connectivity index (χ1n) is 6.18. The minimum Gasteiger partial charge on any atom is -0.477 e. The maximum Gasteiger partial charge on any atom is 0.223 e. The van der Waals surface area contributed by atoms with Gasteiger partial charge in [0.25, 0.3) is 0 Å². The molecule has 0 aliphatic carbocycles. The maximum atomic E-state index is 7.58. The molecule has 3 N–H and O–H groups in total. The van der Waals surface area contributed by atoms with E-state index in [9.17, 15) is 0 Å². The van der Waals surface area contributed by atoms with Crippen molar-refractivity contribution in [2.24, 2.45) is 18.7 Å². The van der Waals surface area contributed by atoms with E-state index in [2.05, 4.69) is 5.10 Å². The lowest BCUT2D eigenvalue weighted by atomic mass is 10.0. The third-order valence-electron chi connectivity index (χ3n) is 3.24. The van der Waals surface area contributed by atoms with Crippen LogP contribution in [0.25, 0.3) is 0 Å². The van der Waals surface area contributed by atoms with Gasteiger partial charge in [0, 0.05) is 20.3 Å². The minimum absolute atomic E-state index is 0.00239. The Kier molecular flexibility index (Phi) is 3.86. The van der Waals surface area contributed by atoms with Crippen molar-refractivity contribution in [3.05, 3.63) is 11.3 Å². The first-order valence-corrected chi connectivity index (χ1v) is 6.18. The molecule has 0 atom stereocenters. The molecule has 1 aliphatic heterocycles. The molecule has 100 valence electrons. The number of nitrogens with zero attached hydrogens (tertiary/aromatic N) is 2. The van der Waals surface area contributed by atoms with Gasteiger partial charge in [-0.25, -0.2) is 4.68 Å². The average molecular weight is 252 g/mol. The molecule has 0 spiro atoms. The van der Waals surface area contributed by atoms with E-state index in [1.54, 1.807) is 11.7 Å². The van der Waals surface area contributed by atoms with Crippen molar-refractivity contribution >= 4 is 5.84 Å². The topological polar surface area (TPSA) is 86.2 Å². The van der Waals surface area contributed by atoms with E-state index in [-0.39, 0.29) is 5.84 Å². The number of aryl methyl sites for hydroxylation is 2. The summed E-state index contributed by atoms with van der Waals surface area (Å²) in [6.45, 7) is 4.07. The van der Waals surface area contributed by atoms with Gasteiger partial charge in [-0.1, -0.05) is 0 Å². The summed E-state index contributed by atoms with van der Waals surface area (Å²) in [6.07, 6.45) is 2.04. The molecule has 18 heavy (non-hydrogen) atoms. The van der Waals surface area contributed by atoms with Gasteiger partial charge in [0.2, 0.25) is 5.88 Å². The van der Waals surface area contributed by atoms with Crippen molar-refractivity contribution in [2.45, 2.75) is 19.8 Å². The molecule has 2 heterocycles. The van der Waals surface area contributed by atoms with Crippen LogP contribution in [0.3, 0.4) is 0 Å². The first kappa shape index (κ1) is 12.9. The smallest absolute Gasteiger partial charge is 0.223 e. The van der Waals surface area contributed by atoms with E-state index in [1.165, 1.54) is 0 Å². The van der Waals surface area contributed by atoms with Crippen LogP contribution in [0.2, 0.25) is 0 Å². The lowest BCUT2D eigenvalue weighted by Gasteiger charge is -2.22. The van der Waals surface area contributed by atoms with Gasteiger partial charge in [0.1, 0.15) is 11.4 Å². The molecule has 2 rings (SSSR count). The first-order chi connectivity index (χ1) is 8.59. The molecule has 1 fully saturated rings. The fraction of sp³-hybridized carbons (Fsp3) is 0.667. The van der Waals surface area contributed by atoms with Crippen LogP contribution in [0, 0.1) is 18.3 Å². The Labute approximate surface area is 107 Å². The number of nitrogens with two attached hydrogens (primary N) is 1. The van der Waals surface area contributed by atoms with Crippen LogP contribution in [0.15, 0.2) is 0 Å². The average Bonchev–Trinajstić information content (AvgIpc) is 2.62. The molecule has 0 aromatic carbocycles. The standard InChI is InChI=1S/C12H20N4O2/c1-8-10(11(13)14)12(16(2)15-8)18-7-9-3-5-17-6-4-9/h9H,3-7H2,1-2H3,(H3,13,14). The number of hydrogen-bond donors (Lipinski definition) is 2. The highest BCUT2D eigenvalue weighted by atomic mass is 16.5. The summed E-state index contributed by atoms with van der Waals surface area (Å²) >= 11 is 0. The van der Waals surface area contributed by atoms with Crippen molar-refractivity contribution in [1.82, 2.24) is 9.78 Å². The third-order valence-corrected chi connectivity index (χ3v) is 3.24. The monoisotopic (exact) mass is 252 g/mol. The largest absolute Gasteiger partial charge is 0.477 e. The van der Waals surface area contributed by atoms with Crippen molar-refractivity contribution in [3.8, 4) is 5.88 Å². The van der Waals surface area contributed by atoms with Crippen molar-refractivity contribution in [3.63, 3.8) is 0 Å². The molecule has 6 nitrogen and oxygen atoms in total. The van der Waals surface area contributed by atoms with E-state index < -0.39 is 0 Å². The summed E-state index contributed by atoms with van der Waals surface area (Å²) in [7, 11) is 1.80. The van der Waals surface area contributed by atoms with E-state index >= 15 is 0 Å². The fourth-order valence-corrected chi connectivity index (χ4v) is 2.22. The third kappa shape index (κ3) is 2.64. The minimum atomic E-state index is 0.00239. The number of nitrogens with one attached hydrogen (secondary N) is 1. The van der Waals surface area contributed by atoms with Crippen LogP contribution in [-0.4, -0.2) is 35.4 Å². The van der Waals surface area contributed by atoms with Gasteiger partial charge in [0.05, 0.1) is 12.3 Å². The molecule has 0 radical (unpaired) electrons. The van der Waals surface area contributed by atoms with Crippen LogP contribution in [0.1, 0.15) is 24.1 Å². The predicted molar refractivity (Wildman–Crippen MR) is 68.0 cm³/mol. The van der Waals surface area contributed by atoms with E-state index in [0.717, 1.165) is 31.7 Å². The number of amidine groups is 1. The van der Waals surface area contributed by atoms with Crippen molar-refractivity contribution in [2.75, 3.05) is 19.8 Å². The second-order valence-corrected chi connectivity index (χ2v) is 4.67. The predicted octanol–water partition coefficient (Wildman–Crippen LogP) is 0.818.